The van der Waals surface area contributed by atoms with E-state index in [-0.39, 0.29) is 11.9 Å². The van der Waals surface area contributed by atoms with Crippen molar-refractivity contribution in [2.24, 2.45) is 0 Å². The van der Waals surface area contributed by atoms with Crippen LogP contribution in [0.25, 0.3) is 11.0 Å². The molecule has 1 N–H and O–H groups in total. The molecule has 0 aliphatic heterocycles. The van der Waals surface area contributed by atoms with E-state index in [4.69, 9.17) is 0 Å². The smallest absolute Gasteiger partial charge is 0.242 e. The van der Waals surface area contributed by atoms with Crippen molar-refractivity contribution in [2.45, 2.75) is 45.1 Å². The summed E-state index contributed by atoms with van der Waals surface area (Å²) in [6, 6.07) is 7.65. The molecule has 1 aromatic carbocycles. The van der Waals surface area contributed by atoms with Crippen LogP contribution in [0.2, 0.25) is 0 Å². The van der Waals surface area contributed by atoms with Gasteiger partial charge in [-0.15, -0.1) is 0 Å². The van der Waals surface area contributed by atoms with Gasteiger partial charge in [-0.25, -0.2) is 4.98 Å². The molecule has 0 bridgehead atoms. The Morgan fingerprint density at radius 3 is 3.05 bits per heavy atom. The van der Waals surface area contributed by atoms with Gasteiger partial charge in [0.1, 0.15) is 6.04 Å². The van der Waals surface area contributed by atoms with Gasteiger partial charge in [0.2, 0.25) is 5.91 Å². The second-order valence-electron chi connectivity index (χ2n) is 5.97. The van der Waals surface area contributed by atoms with Gasteiger partial charge in [-0.3, -0.25) is 4.79 Å². The van der Waals surface area contributed by atoms with E-state index in [0.29, 0.717) is 0 Å². The first-order valence-electron chi connectivity index (χ1n) is 8.13. The standard InChI is InChI=1S/C18H23N3O/c1-14(21-13-20-16-9-5-6-10-17(16)21)18(22)19-12-11-15-7-3-2-4-8-15/h5-7,9-10,13-14H,2-4,8,11-12H2,1H3,(H,19,22)/t14-/m1/s1. The number of nitrogens with zero attached hydrogens (tertiary/aromatic N) is 2. The zero-order valence-corrected chi connectivity index (χ0v) is 13.1. The Morgan fingerprint density at radius 1 is 1.36 bits per heavy atom. The lowest BCUT2D eigenvalue weighted by Gasteiger charge is -2.16. The summed E-state index contributed by atoms with van der Waals surface area (Å²) in [7, 11) is 0. The minimum Gasteiger partial charge on any atom is -0.354 e. The maximum absolute atomic E-state index is 12.3. The molecule has 0 saturated heterocycles. The van der Waals surface area contributed by atoms with Crippen molar-refractivity contribution in [3.05, 3.63) is 42.2 Å². The first kappa shape index (κ1) is 14.8. The van der Waals surface area contributed by atoms with Crippen molar-refractivity contribution in [2.75, 3.05) is 6.54 Å². The Hall–Kier alpha value is -2.10. The molecule has 0 fully saturated rings. The summed E-state index contributed by atoms with van der Waals surface area (Å²) in [6.45, 7) is 2.64. The lowest BCUT2D eigenvalue weighted by Crippen LogP contribution is -2.31. The number of carbonyl (C=O) groups excluding carboxylic acids is 1. The fourth-order valence-electron chi connectivity index (χ4n) is 3.04. The molecule has 0 radical (unpaired) electrons. The molecule has 1 atom stereocenters. The van der Waals surface area contributed by atoms with Crippen LogP contribution in [0.15, 0.2) is 42.2 Å². The molecular weight excluding hydrogens is 274 g/mol. The molecule has 3 rings (SSSR count). The molecule has 4 heteroatoms. The molecular formula is C18H23N3O. The van der Waals surface area contributed by atoms with Gasteiger partial charge in [0.25, 0.3) is 0 Å². The third-order valence-corrected chi connectivity index (χ3v) is 4.41. The Labute approximate surface area is 131 Å². The number of para-hydroxylation sites is 2. The largest absolute Gasteiger partial charge is 0.354 e. The van der Waals surface area contributed by atoms with Gasteiger partial charge in [0.05, 0.1) is 17.4 Å². The normalized spacial score (nSPS) is 16.3. The first-order chi connectivity index (χ1) is 10.8. The number of aromatic nitrogens is 2. The molecule has 0 saturated carbocycles. The molecule has 116 valence electrons. The number of allylic oxidation sites excluding steroid dienone is 1. The van der Waals surface area contributed by atoms with Crippen molar-refractivity contribution in [1.29, 1.82) is 0 Å². The summed E-state index contributed by atoms with van der Waals surface area (Å²) < 4.78 is 1.94. The van der Waals surface area contributed by atoms with Crippen molar-refractivity contribution >= 4 is 16.9 Å². The van der Waals surface area contributed by atoms with Crippen LogP contribution in [0.4, 0.5) is 0 Å². The second kappa shape index (κ2) is 6.77. The molecule has 2 aromatic rings. The van der Waals surface area contributed by atoms with Crippen LogP contribution >= 0.6 is 0 Å². The number of amides is 1. The Kier molecular flexibility index (Phi) is 4.56. The van der Waals surface area contributed by atoms with E-state index in [9.17, 15) is 4.79 Å². The summed E-state index contributed by atoms with van der Waals surface area (Å²) in [5.74, 6) is 0.0552. The van der Waals surface area contributed by atoms with Crippen LogP contribution in [-0.2, 0) is 4.79 Å². The zero-order valence-electron chi connectivity index (χ0n) is 13.1. The summed E-state index contributed by atoms with van der Waals surface area (Å²) in [6.07, 6.45) is 10.0. The van der Waals surface area contributed by atoms with Gasteiger partial charge < -0.3 is 9.88 Å². The Bertz CT molecular complexity index is 686. The van der Waals surface area contributed by atoms with Crippen LogP contribution in [0.3, 0.4) is 0 Å². The van der Waals surface area contributed by atoms with Gasteiger partial charge in [0, 0.05) is 6.54 Å². The molecule has 1 aliphatic rings. The number of rotatable bonds is 5. The highest BCUT2D eigenvalue weighted by Gasteiger charge is 2.16. The lowest BCUT2D eigenvalue weighted by atomic mass is 9.97. The van der Waals surface area contributed by atoms with E-state index in [1.165, 1.54) is 31.3 Å². The summed E-state index contributed by atoms with van der Waals surface area (Å²) in [5, 5.41) is 3.05. The van der Waals surface area contributed by atoms with Crippen LogP contribution < -0.4 is 5.32 Å². The number of fused-ring (bicyclic) bond motifs is 1. The number of nitrogens with one attached hydrogen (secondary N) is 1. The molecule has 1 aliphatic carbocycles. The third-order valence-electron chi connectivity index (χ3n) is 4.41. The van der Waals surface area contributed by atoms with Crippen molar-refractivity contribution in [3.8, 4) is 0 Å². The van der Waals surface area contributed by atoms with E-state index < -0.39 is 0 Å². The quantitative estimate of drug-likeness (QED) is 0.857. The maximum Gasteiger partial charge on any atom is 0.242 e. The predicted molar refractivity (Wildman–Crippen MR) is 88.6 cm³/mol. The first-order valence-corrected chi connectivity index (χ1v) is 8.13. The number of benzene rings is 1. The lowest BCUT2D eigenvalue weighted by molar-refractivity contribution is -0.123. The molecule has 1 amide bonds. The highest BCUT2D eigenvalue weighted by molar-refractivity contribution is 5.83. The van der Waals surface area contributed by atoms with Crippen molar-refractivity contribution < 1.29 is 4.79 Å². The fraction of sp³-hybridized carbons (Fsp3) is 0.444. The van der Waals surface area contributed by atoms with Gasteiger partial charge in [-0.2, -0.15) is 0 Å². The van der Waals surface area contributed by atoms with Crippen LogP contribution in [0.5, 0.6) is 0 Å². The van der Waals surface area contributed by atoms with Crippen LogP contribution in [-0.4, -0.2) is 22.0 Å². The van der Waals surface area contributed by atoms with Crippen LogP contribution in [0.1, 0.15) is 45.1 Å². The summed E-state index contributed by atoms with van der Waals surface area (Å²) >= 11 is 0. The monoisotopic (exact) mass is 297 g/mol. The average Bonchev–Trinajstić information content (AvgIpc) is 2.99. The zero-order chi connectivity index (χ0) is 15.4. The molecule has 1 heterocycles. The van der Waals surface area contributed by atoms with Crippen LogP contribution in [0, 0.1) is 0 Å². The maximum atomic E-state index is 12.3. The third kappa shape index (κ3) is 3.21. The minimum atomic E-state index is -0.243. The molecule has 4 nitrogen and oxygen atoms in total. The Balaban J connectivity index is 1.58. The average molecular weight is 297 g/mol. The predicted octanol–water partition coefficient (Wildman–Crippen LogP) is 3.60. The number of hydrogen-bond acceptors (Lipinski definition) is 2. The van der Waals surface area contributed by atoms with Gasteiger partial charge in [-0.05, 0) is 51.2 Å². The van der Waals surface area contributed by atoms with Gasteiger partial charge >= 0.3 is 0 Å². The topological polar surface area (TPSA) is 46.9 Å². The number of carbonyl (C=O) groups is 1. The van der Waals surface area contributed by atoms with E-state index >= 15 is 0 Å². The van der Waals surface area contributed by atoms with E-state index in [2.05, 4.69) is 16.4 Å². The van der Waals surface area contributed by atoms with Gasteiger partial charge in [0.15, 0.2) is 0 Å². The second-order valence-corrected chi connectivity index (χ2v) is 5.97. The van der Waals surface area contributed by atoms with Crippen molar-refractivity contribution in [3.63, 3.8) is 0 Å². The molecule has 0 unspecified atom stereocenters. The summed E-state index contributed by atoms with van der Waals surface area (Å²) in [4.78, 5) is 16.7. The number of hydrogen-bond donors (Lipinski definition) is 1. The molecule has 0 spiro atoms. The fourth-order valence-corrected chi connectivity index (χ4v) is 3.04. The number of imidazole rings is 1. The molecule has 22 heavy (non-hydrogen) atoms. The summed E-state index contributed by atoms with van der Waals surface area (Å²) in [5.41, 5.74) is 3.42. The highest BCUT2D eigenvalue weighted by atomic mass is 16.2. The molecule has 1 aromatic heterocycles. The van der Waals surface area contributed by atoms with E-state index in [1.807, 2.05) is 35.8 Å². The van der Waals surface area contributed by atoms with Gasteiger partial charge in [-0.1, -0.05) is 23.8 Å². The minimum absolute atomic E-state index is 0.0552. The highest BCUT2D eigenvalue weighted by Crippen LogP contribution is 2.20. The van der Waals surface area contributed by atoms with E-state index in [0.717, 1.165) is 24.0 Å². The van der Waals surface area contributed by atoms with Crippen molar-refractivity contribution in [1.82, 2.24) is 14.9 Å². The SMILES string of the molecule is C[C@H](C(=O)NCCC1=CCCCC1)n1cnc2ccccc21. The van der Waals surface area contributed by atoms with E-state index in [1.54, 1.807) is 6.33 Å². The Morgan fingerprint density at radius 2 is 2.23 bits per heavy atom.